The zero-order valence-corrected chi connectivity index (χ0v) is 25.7. The lowest BCUT2D eigenvalue weighted by Crippen LogP contribution is -2.51. The second kappa shape index (κ2) is 10.8. The highest BCUT2D eigenvalue weighted by atomic mass is 28.3. The zero-order valence-electron chi connectivity index (χ0n) is 24.7. The number of benzene rings is 1. The van der Waals surface area contributed by atoms with E-state index in [1.807, 2.05) is 25.7 Å². The number of rotatable bonds is 7. The van der Waals surface area contributed by atoms with Crippen LogP contribution in [0.25, 0.3) is 10.9 Å². The Morgan fingerprint density at radius 2 is 1.53 bits per heavy atom. The normalized spacial score (nSPS) is 15.8. The average Bonchev–Trinajstić information content (AvgIpc) is 3.10. The summed E-state index contributed by atoms with van der Waals surface area (Å²) in [6.07, 6.45) is 2.29. The van der Waals surface area contributed by atoms with Gasteiger partial charge in [-0.05, 0) is 69.2 Å². The molecule has 2 heterocycles. The number of hydrogen-bond donors (Lipinski definition) is 0. The summed E-state index contributed by atoms with van der Waals surface area (Å²) in [6.45, 7) is 24.3. The molecule has 1 fully saturated rings. The molecule has 3 rings (SSSR count). The lowest BCUT2D eigenvalue weighted by molar-refractivity contribution is 0.0240. The van der Waals surface area contributed by atoms with Crippen molar-refractivity contribution in [2.24, 2.45) is 0 Å². The highest BCUT2D eigenvalue weighted by Crippen LogP contribution is 2.46. The molecular formula is C29H50N4O2Si. The molecule has 0 N–H and O–H groups in total. The van der Waals surface area contributed by atoms with Crippen LogP contribution in [0.3, 0.4) is 0 Å². The topological polar surface area (TPSA) is 41.0 Å². The Morgan fingerprint density at radius 3 is 2.00 bits per heavy atom. The van der Waals surface area contributed by atoms with Crippen molar-refractivity contribution in [3.8, 4) is 0 Å². The smallest absolute Gasteiger partial charge is 0.410 e. The molecule has 0 saturated carbocycles. The Morgan fingerprint density at radius 1 is 0.972 bits per heavy atom. The lowest BCUT2D eigenvalue weighted by atomic mass is 10.1. The van der Waals surface area contributed by atoms with E-state index in [0.29, 0.717) is 29.7 Å². The van der Waals surface area contributed by atoms with Crippen molar-refractivity contribution in [2.75, 3.05) is 45.2 Å². The molecule has 2 aromatic rings. The van der Waals surface area contributed by atoms with Crippen molar-refractivity contribution in [1.82, 2.24) is 14.0 Å². The summed E-state index contributed by atoms with van der Waals surface area (Å²) >= 11 is 0. The monoisotopic (exact) mass is 514 g/mol. The van der Waals surface area contributed by atoms with Gasteiger partial charge >= 0.3 is 6.09 Å². The van der Waals surface area contributed by atoms with Gasteiger partial charge in [0.05, 0.1) is 0 Å². The molecule has 0 bridgehead atoms. The summed E-state index contributed by atoms with van der Waals surface area (Å²) in [4.78, 5) is 19.2. The second-order valence-electron chi connectivity index (χ2n) is 12.7. The van der Waals surface area contributed by atoms with Gasteiger partial charge in [0.2, 0.25) is 0 Å². The van der Waals surface area contributed by atoms with Crippen LogP contribution in [0.4, 0.5) is 10.5 Å². The third-order valence-corrected chi connectivity index (χ3v) is 14.6. The molecule has 0 aliphatic carbocycles. The van der Waals surface area contributed by atoms with Gasteiger partial charge in [-0.15, -0.1) is 0 Å². The number of carbonyl (C=O) groups is 1. The van der Waals surface area contributed by atoms with Crippen LogP contribution in [0.15, 0.2) is 24.4 Å². The molecule has 1 amide bonds. The molecule has 1 aliphatic rings. The second-order valence-corrected chi connectivity index (χ2v) is 18.5. The van der Waals surface area contributed by atoms with E-state index in [9.17, 15) is 4.79 Å². The Hall–Kier alpha value is -1.99. The quantitative estimate of drug-likeness (QED) is 0.382. The van der Waals surface area contributed by atoms with Gasteiger partial charge in [0.25, 0.3) is 0 Å². The highest BCUT2D eigenvalue weighted by Gasteiger charge is 2.46. The van der Waals surface area contributed by atoms with Crippen LogP contribution in [0.2, 0.25) is 16.6 Å². The number of anilines is 1. The summed E-state index contributed by atoms with van der Waals surface area (Å²) in [5, 5.41) is 1.38. The fourth-order valence-electron chi connectivity index (χ4n) is 6.68. The van der Waals surface area contributed by atoms with Crippen molar-refractivity contribution >= 4 is 30.9 Å². The maximum Gasteiger partial charge on any atom is 0.410 e. The van der Waals surface area contributed by atoms with Gasteiger partial charge in [0.15, 0.2) is 8.24 Å². The number of piperazine rings is 1. The minimum Gasteiger partial charge on any atom is -0.444 e. The summed E-state index contributed by atoms with van der Waals surface area (Å²) in [5.41, 5.74) is 5.49. The first kappa shape index (κ1) is 28.6. The van der Waals surface area contributed by atoms with Gasteiger partial charge in [-0.3, -0.25) is 0 Å². The van der Waals surface area contributed by atoms with E-state index in [1.54, 1.807) is 0 Å². The van der Waals surface area contributed by atoms with E-state index in [2.05, 4.69) is 94.1 Å². The Bertz CT molecular complexity index is 1020. The molecule has 36 heavy (non-hydrogen) atoms. The van der Waals surface area contributed by atoms with Gasteiger partial charge in [0, 0.05) is 55.5 Å². The van der Waals surface area contributed by atoms with Crippen LogP contribution < -0.4 is 4.90 Å². The number of aromatic nitrogens is 1. The first-order chi connectivity index (χ1) is 16.7. The minimum absolute atomic E-state index is 0.207. The van der Waals surface area contributed by atoms with Crippen molar-refractivity contribution in [1.29, 1.82) is 0 Å². The van der Waals surface area contributed by atoms with Crippen LogP contribution in [0.1, 0.15) is 67.9 Å². The van der Waals surface area contributed by atoms with Crippen molar-refractivity contribution in [3.63, 3.8) is 0 Å². The molecule has 0 radical (unpaired) electrons. The SMILES string of the molecule is CC(C)[Si](C(C)C)(C(C)C)n1cc(CN(C)C)c2c(N3CCN(C(=O)OC(C)(C)C)CC3)cccc21. The molecule has 0 spiro atoms. The standard InChI is InChI=1S/C29H50N4O2Si/c1-21(2)36(22(3)4,23(5)6)33-20-24(19-30(10)11)27-25(13-12-14-26(27)33)31-15-17-32(18-16-31)28(34)35-29(7,8)9/h12-14,20-23H,15-19H2,1-11H3. The minimum atomic E-state index is -1.91. The number of nitrogens with zero attached hydrogens (tertiary/aromatic N) is 4. The highest BCUT2D eigenvalue weighted by molar-refractivity contribution is 6.82. The number of hydrogen-bond acceptors (Lipinski definition) is 4. The zero-order chi connectivity index (χ0) is 27.0. The molecule has 1 aromatic carbocycles. The number of amides is 1. The van der Waals surface area contributed by atoms with Crippen LogP contribution >= 0.6 is 0 Å². The maximum absolute atomic E-state index is 12.6. The van der Waals surface area contributed by atoms with Gasteiger partial charge < -0.3 is 23.7 Å². The summed E-state index contributed by atoms with van der Waals surface area (Å²) < 4.78 is 8.37. The van der Waals surface area contributed by atoms with Crippen molar-refractivity contribution in [3.05, 3.63) is 30.0 Å². The van der Waals surface area contributed by atoms with Gasteiger partial charge in [-0.2, -0.15) is 0 Å². The van der Waals surface area contributed by atoms with Crippen LogP contribution in [0, 0.1) is 0 Å². The van der Waals surface area contributed by atoms with Crippen LogP contribution in [0.5, 0.6) is 0 Å². The maximum atomic E-state index is 12.6. The molecule has 7 heteroatoms. The van der Waals surface area contributed by atoms with Crippen molar-refractivity contribution in [2.45, 2.75) is 91.1 Å². The van der Waals surface area contributed by atoms with E-state index in [1.165, 1.54) is 22.2 Å². The molecule has 0 unspecified atom stereocenters. The predicted octanol–water partition coefficient (Wildman–Crippen LogP) is 6.78. The van der Waals surface area contributed by atoms with Gasteiger partial charge in [0.1, 0.15) is 5.60 Å². The third kappa shape index (κ3) is 5.47. The summed E-state index contributed by atoms with van der Waals surface area (Å²) in [6, 6.07) is 6.84. The molecule has 6 nitrogen and oxygen atoms in total. The predicted molar refractivity (Wildman–Crippen MR) is 156 cm³/mol. The molecular weight excluding hydrogens is 464 g/mol. The first-order valence-electron chi connectivity index (χ1n) is 13.7. The number of ether oxygens (including phenoxy) is 1. The third-order valence-electron chi connectivity index (χ3n) is 7.84. The fraction of sp³-hybridized carbons (Fsp3) is 0.690. The summed E-state index contributed by atoms with van der Waals surface area (Å²) in [7, 11) is 2.40. The largest absolute Gasteiger partial charge is 0.444 e. The van der Waals surface area contributed by atoms with Crippen molar-refractivity contribution < 1.29 is 9.53 Å². The van der Waals surface area contributed by atoms with Crippen LogP contribution in [-0.2, 0) is 11.3 Å². The Balaban J connectivity index is 2.07. The van der Waals surface area contributed by atoms with Gasteiger partial charge in [-0.25, -0.2) is 4.79 Å². The van der Waals surface area contributed by atoms with E-state index in [0.717, 1.165) is 19.6 Å². The van der Waals surface area contributed by atoms with Crippen LogP contribution in [-0.4, -0.2) is 74.2 Å². The first-order valence-corrected chi connectivity index (χ1v) is 15.9. The molecule has 1 aliphatic heterocycles. The molecule has 0 atom stereocenters. The fourth-order valence-corrected chi connectivity index (χ4v) is 13.3. The Kier molecular flexibility index (Phi) is 8.56. The molecule has 1 saturated heterocycles. The molecule has 1 aromatic heterocycles. The van der Waals surface area contributed by atoms with E-state index < -0.39 is 13.8 Å². The van der Waals surface area contributed by atoms with E-state index in [-0.39, 0.29) is 6.09 Å². The Labute approximate surface area is 220 Å². The average molecular weight is 515 g/mol. The molecule has 202 valence electrons. The van der Waals surface area contributed by atoms with Gasteiger partial charge in [-0.1, -0.05) is 47.6 Å². The van der Waals surface area contributed by atoms with E-state index >= 15 is 0 Å². The lowest BCUT2D eigenvalue weighted by Gasteiger charge is -2.44. The number of carbonyl (C=O) groups excluding carboxylic acids is 1. The summed E-state index contributed by atoms with van der Waals surface area (Å²) in [5.74, 6) is 0. The van der Waals surface area contributed by atoms with E-state index in [4.69, 9.17) is 4.74 Å². The number of fused-ring (bicyclic) bond motifs is 1.